The minimum atomic E-state index is -0.223. The summed E-state index contributed by atoms with van der Waals surface area (Å²) in [6, 6.07) is 12.1. The standard InChI is InChI=1S/C20H18ClN3O/c21-19-4-2-14(10-23-19)13-1-3-16-15(9-13)17(5-8-22-16)24-11-18(25)20(12-24)6-7-20/h1-5,8-10,18,25H,6-7,11-12H2. The van der Waals surface area contributed by atoms with Crippen molar-refractivity contribution in [2.24, 2.45) is 5.41 Å². The van der Waals surface area contributed by atoms with E-state index < -0.39 is 0 Å². The highest BCUT2D eigenvalue weighted by molar-refractivity contribution is 6.29. The summed E-state index contributed by atoms with van der Waals surface area (Å²) in [4.78, 5) is 11.0. The van der Waals surface area contributed by atoms with Gasteiger partial charge in [-0.2, -0.15) is 0 Å². The number of aromatic nitrogens is 2. The molecule has 1 aliphatic heterocycles. The lowest BCUT2D eigenvalue weighted by molar-refractivity contribution is 0.136. The van der Waals surface area contributed by atoms with Crippen molar-refractivity contribution in [3.63, 3.8) is 0 Å². The van der Waals surface area contributed by atoms with Crippen LogP contribution in [-0.2, 0) is 0 Å². The van der Waals surface area contributed by atoms with Gasteiger partial charge in [0.25, 0.3) is 0 Å². The minimum Gasteiger partial charge on any atom is -0.391 e. The number of fused-ring (bicyclic) bond motifs is 1. The molecule has 4 nitrogen and oxygen atoms in total. The molecule has 126 valence electrons. The molecule has 5 heteroatoms. The van der Waals surface area contributed by atoms with Crippen molar-refractivity contribution in [1.29, 1.82) is 0 Å². The van der Waals surface area contributed by atoms with E-state index in [9.17, 15) is 5.11 Å². The van der Waals surface area contributed by atoms with E-state index >= 15 is 0 Å². The molecule has 1 aromatic carbocycles. The highest BCUT2D eigenvalue weighted by Gasteiger charge is 2.54. The lowest BCUT2D eigenvalue weighted by atomic mass is 10.0. The molecule has 2 aromatic heterocycles. The minimum absolute atomic E-state index is 0.132. The number of aliphatic hydroxyl groups excluding tert-OH is 1. The van der Waals surface area contributed by atoms with Crippen molar-refractivity contribution in [1.82, 2.24) is 9.97 Å². The van der Waals surface area contributed by atoms with Gasteiger partial charge in [-0.3, -0.25) is 4.98 Å². The highest BCUT2D eigenvalue weighted by atomic mass is 35.5. The normalized spacial score (nSPS) is 21.2. The van der Waals surface area contributed by atoms with E-state index in [4.69, 9.17) is 11.6 Å². The van der Waals surface area contributed by atoms with E-state index in [0.717, 1.165) is 47.1 Å². The Morgan fingerprint density at radius 1 is 1.08 bits per heavy atom. The van der Waals surface area contributed by atoms with Gasteiger partial charge >= 0.3 is 0 Å². The Morgan fingerprint density at radius 2 is 1.92 bits per heavy atom. The Kier molecular flexibility index (Phi) is 3.27. The van der Waals surface area contributed by atoms with Gasteiger partial charge in [-0.15, -0.1) is 0 Å². The van der Waals surface area contributed by atoms with Crippen LogP contribution in [0.15, 0.2) is 48.8 Å². The second-order valence-electron chi connectivity index (χ2n) is 7.19. The SMILES string of the molecule is OC1CN(c2ccnc3ccc(-c4ccc(Cl)nc4)cc23)CC12CC2. The Morgan fingerprint density at radius 3 is 2.64 bits per heavy atom. The summed E-state index contributed by atoms with van der Waals surface area (Å²) in [5.74, 6) is 0. The zero-order valence-corrected chi connectivity index (χ0v) is 14.4. The first-order valence-corrected chi connectivity index (χ1v) is 8.96. The summed E-state index contributed by atoms with van der Waals surface area (Å²) in [5, 5.41) is 12.0. The monoisotopic (exact) mass is 351 g/mol. The predicted molar refractivity (Wildman–Crippen MR) is 99.9 cm³/mol. The number of halogens is 1. The average Bonchev–Trinajstić information content (AvgIpc) is 3.34. The van der Waals surface area contributed by atoms with Crippen LogP contribution in [0.25, 0.3) is 22.0 Å². The molecule has 2 fully saturated rings. The zero-order valence-electron chi connectivity index (χ0n) is 13.7. The number of hydrogen-bond donors (Lipinski definition) is 1. The third kappa shape index (κ3) is 2.48. The molecule has 3 aromatic rings. The van der Waals surface area contributed by atoms with Crippen LogP contribution in [0.2, 0.25) is 5.15 Å². The van der Waals surface area contributed by atoms with Crippen LogP contribution in [0.1, 0.15) is 12.8 Å². The number of nitrogens with zero attached hydrogens (tertiary/aromatic N) is 3. The molecule has 5 rings (SSSR count). The fourth-order valence-corrected chi connectivity index (χ4v) is 4.03. The van der Waals surface area contributed by atoms with Gasteiger partial charge in [-0.25, -0.2) is 4.98 Å². The molecule has 1 aliphatic carbocycles. The molecule has 0 radical (unpaired) electrons. The molecule has 3 heterocycles. The molecule has 2 aliphatic rings. The zero-order chi connectivity index (χ0) is 17.0. The summed E-state index contributed by atoms with van der Waals surface area (Å²) in [5.41, 5.74) is 4.37. The number of rotatable bonds is 2. The Hall–Kier alpha value is -2.17. The van der Waals surface area contributed by atoms with Gasteiger partial charge in [0.15, 0.2) is 0 Å². The topological polar surface area (TPSA) is 49.2 Å². The van der Waals surface area contributed by atoms with E-state index in [1.165, 1.54) is 0 Å². The molecule has 1 saturated carbocycles. The Labute approximate surface area is 151 Å². The van der Waals surface area contributed by atoms with Gasteiger partial charge in [0.2, 0.25) is 0 Å². The summed E-state index contributed by atoms with van der Waals surface area (Å²) in [6.45, 7) is 1.63. The molecular weight excluding hydrogens is 334 g/mol. The molecule has 1 unspecified atom stereocenters. The van der Waals surface area contributed by atoms with E-state index in [0.29, 0.717) is 11.7 Å². The van der Waals surface area contributed by atoms with Crippen molar-refractivity contribution >= 4 is 28.2 Å². The summed E-state index contributed by atoms with van der Waals surface area (Å²) < 4.78 is 0. The second-order valence-corrected chi connectivity index (χ2v) is 7.58. The first kappa shape index (κ1) is 15.1. The predicted octanol–water partition coefficient (Wildman–Crippen LogP) is 3.91. The number of β-amino-alcohol motifs (C(OH)–C–C–N with tert-alkyl or cyclic N) is 1. The van der Waals surface area contributed by atoms with Crippen LogP contribution >= 0.6 is 11.6 Å². The van der Waals surface area contributed by atoms with Gasteiger partial charge in [0.1, 0.15) is 5.15 Å². The molecular formula is C20H18ClN3O. The molecule has 1 N–H and O–H groups in total. The molecule has 0 bridgehead atoms. The molecule has 1 atom stereocenters. The third-order valence-corrected chi connectivity index (χ3v) is 5.84. The van der Waals surface area contributed by atoms with Crippen molar-refractivity contribution in [3.8, 4) is 11.1 Å². The van der Waals surface area contributed by atoms with Crippen LogP contribution in [-0.4, -0.2) is 34.3 Å². The largest absolute Gasteiger partial charge is 0.391 e. The van der Waals surface area contributed by atoms with Gasteiger partial charge < -0.3 is 10.0 Å². The number of pyridine rings is 2. The maximum Gasteiger partial charge on any atom is 0.129 e. The Balaban J connectivity index is 1.59. The number of benzene rings is 1. The van der Waals surface area contributed by atoms with Crippen molar-refractivity contribution < 1.29 is 5.11 Å². The fourth-order valence-electron chi connectivity index (χ4n) is 3.92. The van der Waals surface area contributed by atoms with Gasteiger partial charge in [-0.05, 0) is 48.7 Å². The van der Waals surface area contributed by atoms with Crippen molar-refractivity contribution in [2.45, 2.75) is 18.9 Å². The van der Waals surface area contributed by atoms with Crippen LogP contribution in [0, 0.1) is 5.41 Å². The van der Waals surface area contributed by atoms with Crippen LogP contribution in [0.3, 0.4) is 0 Å². The van der Waals surface area contributed by atoms with E-state index in [-0.39, 0.29) is 11.5 Å². The molecule has 1 saturated heterocycles. The molecule has 0 amide bonds. The van der Waals surface area contributed by atoms with Crippen LogP contribution in [0.5, 0.6) is 0 Å². The number of hydrogen-bond acceptors (Lipinski definition) is 4. The van der Waals surface area contributed by atoms with Crippen LogP contribution < -0.4 is 4.90 Å². The van der Waals surface area contributed by atoms with Gasteiger partial charge in [0, 0.05) is 47.5 Å². The quantitative estimate of drug-likeness (QED) is 0.711. The maximum atomic E-state index is 10.4. The lowest BCUT2D eigenvalue weighted by Crippen LogP contribution is -2.21. The van der Waals surface area contributed by atoms with Crippen molar-refractivity contribution in [3.05, 3.63) is 53.9 Å². The maximum absolute atomic E-state index is 10.4. The summed E-state index contributed by atoms with van der Waals surface area (Å²) in [7, 11) is 0. The highest BCUT2D eigenvalue weighted by Crippen LogP contribution is 2.53. The van der Waals surface area contributed by atoms with E-state index in [2.05, 4.69) is 33.1 Å². The van der Waals surface area contributed by atoms with E-state index in [1.807, 2.05) is 18.3 Å². The molecule has 25 heavy (non-hydrogen) atoms. The van der Waals surface area contributed by atoms with E-state index in [1.54, 1.807) is 12.3 Å². The lowest BCUT2D eigenvalue weighted by Gasteiger charge is -2.20. The second kappa shape index (κ2) is 5.41. The van der Waals surface area contributed by atoms with Gasteiger partial charge in [-0.1, -0.05) is 17.7 Å². The number of anilines is 1. The summed E-state index contributed by atoms with van der Waals surface area (Å²) >= 11 is 5.90. The Bertz CT molecular complexity index is 953. The van der Waals surface area contributed by atoms with Gasteiger partial charge in [0.05, 0.1) is 11.6 Å². The van der Waals surface area contributed by atoms with Crippen LogP contribution in [0.4, 0.5) is 5.69 Å². The van der Waals surface area contributed by atoms with Crippen molar-refractivity contribution in [2.75, 3.05) is 18.0 Å². The first-order chi connectivity index (χ1) is 12.1. The third-order valence-electron chi connectivity index (χ3n) is 5.62. The smallest absolute Gasteiger partial charge is 0.129 e. The number of aliphatic hydroxyl groups is 1. The first-order valence-electron chi connectivity index (χ1n) is 8.58. The average molecular weight is 352 g/mol. The fraction of sp³-hybridized carbons (Fsp3) is 0.300. The molecule has 1 spiro atoms. The summed E-state index contributed by atoms with van der Waals surface area (Å²) in [6.07, 6.45) is 5.69.